The van der Waals surface area contributed by atoms with Crippen LogP contribution in [0.1, 0.15) is 22.3 Å². The van der Waals surface area contributed by atoms with Crippen LogP contribution in [0, 0.1) is 0 Å². The van der Waals surface area contributed by atoms with Gasteiger partial charge in [-0.3, -0.25) is 4.79 Å². The summed E-state index contributed by atoms with van der Waals surface area (Å²) in [7, 11) is 0. The molecule has 0 bridgehead atoms. The quantitative estimate of drug-likeness (QED) is 0.0371. The van der Waals surface area contributed by atoms with Gasteiger partial charge in [-0.1, -0.05) is 36.4 Å². The lowest BCUT2D eigenvalue weighted by molar-refractivity contribution is 0.0951. The van der Waals surface area contributed by atoms with Crippen LogP contribution >= 0.6 is 11.8 Å². The molecule has 0 spiro atoms. The molecule has 230 valence electrons. The lowest BCUT2D eigenvalue weighted by Gasteiger charge is -2.36. The van der Waals surface area contributed by atoms with Gasteiger partial charge in [-0.05, 0) is 66.6 Å². The first-order valence-corrected chi connectivity index (χ1v) is 15.2. The number of allylic oxidation sites excluding steroid dienone is 2. The fourth-order valence-electron chi connectivity index (χ4n) is 4.46. The van der Waals surface area contributed by atoms with Crippen molar-refractivity contribution in [3.8, 4) is 5.75 Å². The Bertz CT molecular complexity index is 1480. The van der Waals surface area contributed by atoms with Gasteiger partial charge in [0.15, 0.2) is 0 Å². The molecule has 12 heteroatoms. The third-order valence-electron chi connectivity index (χ3n) is 6.78. The number of phenolic OH excluding ortho intramolecular Hbond substituents is 1. The Kier molecular flexibility index (Phi) is 12.1. The van der Waals surface area contributed by atoms with Gasteiger partial charge in [0.2, 0.25) is 0 Å². The maximum Gasteiger partial charge on any atom is 0.252 e. The van der Waals surface area contributed by atoms with E-state index in [4.69, 9.17) is 22.2 Å². The van der Waals surface area contributed by atoms with Crippen LogP contribution in [0.3, 0.4) is 0 Å². The average molecular weight is 615 g/mol. The van der Waals surface area contributed by atoms with E-state index in [1.165, 1.54) is 11.8 Å². The number of amidine groups is 1. The summed E-state index contributed by atoms with van der Waals surface area (Å²) in [4.78, 5) is 20.1. The summed E-state index contributed by atoms with van der Waals surface area (Å²) in [6.07, 6.45) is 10.5. The summed E-state index contributed by atoms with van der Waals surface area (Å²) in [5.74, 6) is 12.9. The Balaban J connectivity index is 1.49. The predicted molar refractivity (Wildman–Crippen MR) is 176 cm³/mol. The number of nitrogens with zero attached hydrogens (tertiary/aromatic N) is 3. The van der Waals surface area contributed by atoms with Gasteiger partial charge in [0, 0.05) is 36.4 Å². The number of nitrogen functional groups attached to an aromatic ring is 1. The number of benzene rings is 2. The molecule has 0 radical (unpaired) electrons. The Hall–Kier alpha value is -4.94. The smallest absolute Gasteiger partial charge is 0.252 e. The highest BCUT2D eigenvalue weighted by Crippen LogP contribution is 2.29. The van der Waals surface area contributed by atoms with Gasteiger partial charge in [-0.15, -0.1) is 11.8 Å². The summed E-state index contributed by atoms with van der Waals surface area (Å²) < 4.78 is 6.30. The molecule has 11 nitrogen and oxygen atoms in total. The molecule has 2 heterocycles. The average Bonchev–Trinajstić information content (AvgIpc) is 3.06. The number of pyridine rings is 1. The number of carbonyl (C=O) groups excluding carboxylic acids is 1. The molecule has 0 aliphatic carbocycles. The number of thioether (sulfide) groups is 1. The molecule has 1 aliphatic heterocycles. The molecule has 1 aliphatic rings. The number of amides is 1. The molecular formula is C32H38N8O3S. The highest BCUT2D eigenvalue weighted by molar-refractivity contribution is 7.99. The van der Waals surface area contributed by atoms with Crippen LogP contribution in [0.2, 0.25) is 0 Å². The topological polar surface area (TPSA) is 177 Å². The molecular weight excluding hydrogens is 576 g/mol. The molecule has 0 fully saturated rings. The maximum absolute atomic E-state index is 12.7. The van der Waals surface area contributed by atoms with Crippen LogP contribution in [0.15, 0.2) is 119 Å². The minimum atomic E-state index is -0.216. The van der Waals surface area contributed by atoms with Crippen molar-refractivity contribution in [3.63, 3.8) is 0 Å². The van der Waals surface area contributed by atoms with Crippen LogP contribution in [0.25, 0.3) is 0 Å². The summed E-state index contributed by atoms with van der Waals surface area (Å²) in [6.45, 7) is 1.55. The van der Waals surface area contributed by atoms with E-state index >= 15 is 0 Å². The number of aromatic nitrogens is 1. The number of ether oxygens (including phenoxy) is 1. The summed E-state index contributed by atoms with van der Waals surface area (Å²) in [6, 6.07) is 20.6. The molecule has 1 unspecified atom stereocenters. The number of anilines is 1. The lowest BCUT2D eigenvalue weighted by atomic mass is 10.1. The number of phenols is 1. The first-order valence-electron chi connectivity index (χ1n) is 14.2. The summed E-state index contributed by atoms with van der Waals surface area (Å²) in [5, 5.41) is 16.2. The van der Waals surface area contributed by atoms with Crippen LogP contribution in [0.4, 0.5) is 5.82 Å². The minimum Gasteiger partial charge on any atom is -0.508 e. The third-order valence-corrected chi connectivity index (χ3v) is 7.89. The molecule has 1 aromatic heterocycles. The highest BCUT2D eigenvalue weighted by atomic mass is 32.2. The van der Waals surface area contributed by atoms with E-state index in [1.807, 2.05) is 42.5 Å². The lowest BCUT2D eigenvalue weighted by Crippen LogP contribution is -2.39. The highest BCUT2D eigenvalue weighted by Gasteiger charge is 2.25. The zero-order chi connectivity index (χ0) is 31.1. The second-order valence-corrected chi connectivity index (χ2v) is 10.9. The van der Waals surface area contributed by atoms with Crippen molar-refractivity contribution in [1.29, 1.82) is 0 Å². The number of hydrazine groups is 1. The monoisotopic (exact) mass is 614 g/mol. The van der Waals surface area contributed by atoms with Gasteiger partial charge in [-0.25, -0.2) is 10.8 Å². The fraction of sp³-hybridized carbons (Fsp3) is 0.219. The van der Waals surface area contributed by atoms with Gasteiger partial charge in [0.1, 0.15) is 23.2 Å². The Morgan fingerprint density at radius 2 is 1.93 bits per heavy atom. The Morgan fingerprint density at radius 3 is 2.64 bits per heavy atom. The SMILES string of the molecule is NN=C(N)C=CC1=C(OCCc2ccccc2)C=CC(CSc2ccc(O)cc2)N1CCCNC(=O)c1ccc(NN)nc1. The molecule has 1 amide bonds. The predicted octanol–water partition coefficient (Wildman–Crippen LogP) is 3.48. The van der Waals surface area contributed by atoms with E-state index in [0.29, 0.717) is 43.3 Å². The van der Waals surface area contributed by atoms with Crippen molar-refractivity contribution < 1.29 is 14.6 Å². The molecule has 0 saturated heterocycles. The Labute approximate surface area is 261 Å². The van der Waals surface area contributed by atoms with Crippen molar-refractivity contribution in [2.75, 3.05) is 30.9 Å². The van der Waals surface area contributed by atoms with Crippen molar-refractivity contribution in [1.82, 2.24) is 15.2 Å². The number of carbonyl (C=O) groups is 1. The Morgan fingerprint density at radius 1 is 1.14 bits per heavy atom. The molecule has 2 aromatic carbocycles. The summed E-state index contributed by atoms with van der Waals surface area (Å²) >= 11 is 1.68. The number of rotatable bonds is 15. The number of aromatic hydroxyl groups is 1. The number of nitrogens with two attached hydrogens (primary N) is 3. The molecule has 1 atom stereocenters. The molecule has 4 rings (SSSR count). The van der Waals surface area contributed by atoms with Crippen molar-refractivity contribution in [2.24, 2.45) is 22.5 Å². The number of hydrogen-bond donors (Lipinski definition) is 6. The van der Waals surface area contributed by atoms with Gasteiger partial charge in [-0.2, -0.15) is 5.10 Å². The van der Waals surface area contributed by atoms with E-state index in [2.05, 4.69) is 43.9 Å². The van der Waals surface area contributed by atoms with Crippen LogP contribution in [-0.2, 0) is 11.2 Å². The van der Waals surface area contributed by atoms with Gasteiger partial charge in [0.05, 0.1) is 23.9 Å². The zero-order valence-electron chi connectivity index (χ0n) is 24.3. The van der Waals surface area contributed by atoms with E-state index in [0.717, 1.165) is 22.8 Å². The molecule has 44 heavy (non-hydrogen) atoms. The van der Waals surface area contributed by atoms with E-state index < -0.39 is 0 Å². The first kappa shape index (κ1) is 32.0. The largest absolute Gasteiger partial charge is 0.508 e. The van der Waals surface area contributed by atoms with Crippen LogP contribution < -0.4 is 28.2 Å². The maximum atomic E-state index is 12.7. The van der Waals surface area contributed by atoms with E-state index in [-0.39, 0.29) is 23.5 Å². The second-order valence-electron chi connectivity index (χ2n) is 9.83. The standard InChI is InChI=1S/C32H38N8O3S/c33-30(38-34)15-13-28-29(43-20-17-23-5-2-1-3-6-23)14-8-25(22-44-27-11-9-26(41)10-12-27)40(28)19-4-18-36-32(42)24-7-16-31(39-35)37-21-24/h1-3,5-16,21,25,41H,4,17-20,22,34-35H2,(H2,33,38)(H,36,42)(H,37,39). The van der Waals surface area contributed by atoms with Crippen LogP contribution in [0.5, 0.6) is 5.75 Å². The van der Waals surface area contributed by atoms with Crippen molar-refractivity contribution in [2.45, 2.75) is 23.8 Å². The van der Waals surface area contributed by atoms with Gasteiger partial charge in [0.25, 0.3) is 5.91 Å². The van der Waals surface area contributed by atoms with E-state index in [1.54, 1.807) is 42.1 Å². The number of hydrogen-bond acceptors (Lipinski definition) is 10. The zero-order valence-corrected chi connectivity index (χ0v) is 25.1. The third kappa shape index (κ3) is 9.54. The normalized spacial score (nSPS) is 15.1. The number of hydrazone groups is 1. The fourth-order valence-corrected chi connectivity index (χ4v) is 5.44. The van der Waals surface area contributed by atoms with E-state index in [9.17, 15) is 9.90 Å². The van der Waals surface area contributed by atoms with Crippen molar-refractivity contribution in [3.05, 3.63) is 120 Å². The molecule has 3 aromatic rings. The van der Waals surface area contributed by atoms with Crippen LogP contribution in [-0.4, -0.2) is 58.2 Å². The van der Waals surface area contributed by atoms with Gasteiger partial charge >= 0.3 is 0 Å². The molecule has 9 N–H and O–H groups in total. The first-order chi connectivity index (χ1) is 21.5. The number of nitrogens with one attached hydrogen (secondary N) is 2. The summed E-state index contributed by atoms with van der Waals surface area (Å²) in [5.41, 5.74) is 10.8. The second kappa shape index (κ2) is 16.6. The minimum absolute atomic E-state index is 0.00201. The molecule has 0 saturated carbocycles. The van der Waals surface area contributed by atoms with Crippen molar-refractivity contribution >= 4 is 29.3 Å². The van der Waals surface area contributed by atoms with Gasteiger partial charge < -0.3 is 37.1 Å².